The van der Waals surface area contributed by atoms with E-state index in [4.69, 9.17) is 12.2 Å². The number of aromatic nitrogens is 4. The molecule has 4 nitrogen and oxygen atoms in total. The minimum absolute atomic E-state index is 0.605. The molecule has 2 rings (SSSR count). The minimum atomic E-state index is 0.605. The van der Waals surface area contributed by atoms with Crippen LogP contribution in [0.25, 0.3) is 5.95 Å². The van der Waals surface area contributed by atoms with Crippen molar-refractivity contribution in [2.75, 3.05) is 0 Å². The van der Waals surface area contributed by atoms with Gasteiger partial charge < -0.3 is 4.57 Å². The van der Waals surface area contributed by atoms with Gasteiger partial charge in [0, 0.05) is 31.8 Å². The molecule has 0 unspecified atom stereocenters. The van der Waals surface area contributed by atoms with E-state index in [1.54, 1.807) is 23.0 Å². The molecule has 0 aliphatic heterocycles. The molecule has 0 aliphatic carbocycles. The second-order valence-electron chi connectivity index (χ2n) is 2.61. The van der Waals surface area contributed by atoms with Crippen molar-refractivity contribution < 1.29 is 0 Å². The lowest BCUT2D eigenvalue weighted by Gasteiger charge is -1.97. The summed E-state index contributed by atoms with van der Waals surface area (Å²) in [4.78, 5) is 8.19. The van der Waals surface area contributed by atoms with Crippen LogP contribution in [-0.2, 0) is 7.05 Å². The number of imidazole rings is 1. The number of rotatable bonds is 1. The topological polar surface area (TPSA) is 35.6 Å². The molecular formula is C8H8N4S. The maximum absolute atomic E-state index is 5.15. The van der Waals surface area contributed by atoms with Crippen LogP contribution in [0.5, 0.6) is 0 Å². The minimum Gasteiger partial charge on any atom is -0.326 e. The highest BCUT2D eigenvalue weighted by atomic mass is 32.1. The van der Waals surface area contributed by atoms with Crippen LogP contribution in [0, 0.1) is 4.77 Å². The Kier molecular flexibility index (Phi) is 1.94. The van der Waals surface area contributed by atoms with Crippen LogP contribution < -0.4 is 0 Å². The third-order valence-electron chi connectivity index (χ3n) is 1.71. The molecule has 66 valence electrons. The van der Waals surface area contributed by atoms with E-state index in [0.29, 0.717) is 10.7 Å². The molecule has 0 atom stereocenters. The molecule has 0 fully saturated rings. The molecule has 0 saturated heterocycles. The van der Waals surface area contributed by atoms with Crippen molar-refractivity contribution in [1.29, 1.82) is 0 Å². The SMILES string of the molecule is Cn1ccn(-c2ncccn2)c1=S. The van der Waals surface area contributed by atoms with Gasteiger partial charge in [-0.1, -0.05) is 0 Å². The van der Waals surface area contributed by atoms with Crippen molar-refractivity contribution in [3.63, 3.8) is 0 Å². The summed E-state index contributed by atoms with van der Waals surface area (Å²) in [5.41, 5.74) is 0. The summed E-state index contributed by atoms with van der Waals surface area (Å²) in [5.74, 6) is 0.605. The molecule has 0 radical (unpaired) electrons. The van der Waals surface area contributed by atoms with E-state index in [1.165, 1.54) is 0 Å². The van der Waals surface area contributed by atoms with Crippen LogP contribution in [-0.4, -0.2) is 19.1 Å². The van der Waals surface area contributed by atoms with E-state index < -0.39 is 0 Å². The van der Waals surface area contributed by atoms with Gasteiger partial charge in [-0.05, 0) is 18.3 Å². The molecule has 2 aromatic rings. The molecule has 0 N–H and O–H groups in total. The molecule has 0 spiro atoms. The second-order valence-corrected chi connectivity index (χ2v) is 2.98. The quantitative estimate of drug-likeness (QED) is 0.639. The third-order valence-corrected chi connectivity index (χ3v) is 2.20. The molecule has 2 aromatic heterocycles. The lowest BCUT2D eigenvalue weighted by atomic mass is 10.7. The zero-order valence-electron chi connectivity index (χ0n) is 7.08. The van der Waals surface area contributed by atoms with Crippen LogP contribution >= 0.6 is 12.2 Å². The van der Waals surface area contributed by atoms with E-state index in [0.717, 1.165) is 0 Å². The third kappa shape index (κ3) is 1.38. The van der Waals surface area contributed by atoms with E-state index >= 15 is 0 Å². The van der Waals surface area contributed by atoms with Gasteiger partial charge in [-0.25, -0.2) is 9.97 Å². The predicted molar refractivity (Wildman–Crippen MR) is 51.2 cm³/mol. The zero-order valence-corrected chi connectivity index (χ0v) is 7.90. The molecular weight excluding hydrogens is 184 g/mol. The number of aryl methyl sites for hydroxylation is 1. The molecule has 0 aliphatic rings. The molecule has 0 bridgehead atoms. The maximum atomic E-state index is 5.15. The van der Waals surface area contributed by atoms with E-state index in [1.807, 2.05) is 24.0 Å². The van der Waals surface area contributed by atoms with Gasteiger partial charge in [0.1, 0.15) is 0 Å². The first kappa shape index (κ1) is 8.12. The number of hydrogen-bond donors (Lipinski definition) is 0. The number of hydrogen-bond acceptors (Lipinski definition) is 3. The van der Waals surface area contributed by atoms with Crippen molar-refractivity contribution in [3.05, 3.63) is 35.6 Å². The molecule has 13 heavy (non-hydrogen) atoms. The fraction of sp³-hybridized carbons (Fsp3) is 0.125. The van der Waals surface area contributed by atoms with Gasteiger partial charge in [-0.15, -0.1) is 0 Å². The summed E-state index contributed by atoms with van der Waals surface area (Å²) >= 11 is 5.15. The van der Waals surface area contributed by atoms with Gasteiger partial charge >= 0.3 is 0 Å². The Labute approximate surface area is 80.5 Å². The largest absolute Gasteiger partial charge is 0.326 e. The van der Waals surface area contributed by atoms with Gasteiger partial charge in [0.2, 0.25) is 5.95 Å². The lowest BCUT2D eigenvalue weighted by molar-refractivity contribution is 0.833. The Bertz CT molecular complexity index is 456. The molecule has 0 amide bonds. The van der Waals surface area contributed by atoms with E-state index in [2.05, 4.69) is 9.97 Å². The normalized spacial score (nSPS) is 10.2. The Morgan fingerprint density at radius 3 is 2.46 bits per heavy atom. The standard InChI is InChI=1S/C8H8N4S/c1-11-5-6-12(8(11)13)7-9-3-2-4-10-7/h2-6H,1H3. The first-order valence-corrected chi connectivity index (χ1v) is 4.21. The summed E-state index contributed by atoms with van der Waals surface area (Å²) in [6.45, 7) is 0. The summed E-state index contributed by atoms with van der Waals surface area (Å²) in [6, 6.07) is 1.77. The highest BCUT2D eigenvalue weighted by molar-refractivity contribution is 7.71. The van der Waals surface area contributed by atoms with Crippen molar-refractivity contribution in [2.45, 2.75) is 0 Å². The predicted octanol–water partition coefficient (Wildman–Crippen LogP) is 1.34. The Morgan fingerprint density at radius 1 is 1.23 bits per heavy atom. The van der Waals surface area contributed by atoms with Gasteiger partial charge in [0.25, 0.3) is 0 Å². The van der Waals surface area contributed by atoms with Crippen molar-refractivity contribution in [1.82, 2.24) is 19.1 Å². The number of nitrogens with zero attached hydrogens (tertiary/aromatic N) is 4. The van der Waals surface area contributed by atoms with Crippen molar-refractivity contribution in [2.24, 2.45) is 7.05 Å². The summed E-state index contributed by atoms with van der Waals surface area (Å²) in [5, 5.41) is 0. The van der Waals surface area contributed by atoms with E-state index in [-0.39, 0.29) is 0 Å². The van der Waals surface area contributed by atoms with Gasteiger partial charge in [-0.3, -0.25) is 4.57 Å². The van der Waals surface area contributed by atoms with Crippen LogP contribution in [0.4, 0.5) is 0 Å². The zero-order chi connectivity index (χ0) is 9.26. The second kappa shape index (κ2) is 3.10. The van der Waals surface area contributed by atoms with Gasteiger partial charge in [0.05, 0.1) is 0 Å². The van der Waals surface area contributed by atoms with Gasteiger partial charge in [-0.2, -0.15) is 0 Å². The fourth-order valence-corrected chi connectivity index (χ4v) is 1.24. The first-order chi connectivity index (χ1) is 6.29. The van der Waals surface area contributed by atoms with Crippen LogP contribution in [0.3, 0.4) is 0 Å². The summed E-state index contributed by atoms with van der Waals surface area (Å²) < 4.78 is 4.28. The highest BCUT2D eigenvalue weighted by Gasteiger charge is 2.00. The van der Waals surface area contributed by atoms with Gasteiger partial charge in [0.15, 0.2) is 4.77 Å². The Balaban J connectivity index is 2.60. The molecule has 0 saturated carbocycles. The average molecular weight is 192 g/mol. The van der Waals surface area contributed by atoms with Crippen LogP contribution in [0.2, 0.25) is 0 Å². The Morgan fingerprint density at radius 2 is 1.92 bits per heavy atom. The van der Waals surface area contributed by atoms with Crippen molar-refractivity contribution >= 4 is 12.2 Å². The van der Waals surface area contributed by atoms with Crippen molar-refractivity contribution in [3.8, 4) is 5.95 Å². The van der Waals surface area contributed by atoms with Crippen LogP contribution in [0.15, 0.2) is 30.9 Å². The fourth-order valence-electron chi connectivity index (χ4n) is 1.03. The average Bonchev–Trinajstić information content (AvgIpc) is 2.49. The Hall–Kier alpha value is -1.49. The highest BCUT2D eigenvalue weighted by Crippen LogP contribution is 2.01. The lowest BCUT2D eigenvalue weighted by Crippen LogP contribution is -1.99. The van der Waals surface area contributed by atoms with E-state index in [9.17, 15) is 0 Å². The van der Waals surface area contributed by atoms with Crippen LogP contribution in [0.1, 0.15) is 0 Å². The maximum Gasteiger partial charge on any atom is 0.235 e. The summed E-state index contributed by atoms with van der Waals surface area (Å²) in [7, 11) is 1.89. The molecule has 2 heterocycles. The monoisotopic (exact) mass is 192 g/mol. The summed E-state index contributed by atoms with van der Waals surface area (Å²) in [6.07, 6.45) is 7.10. The smallest absolute Gasteiger partial charge is 0.235 e. The first-order valence-electron chi connectivity index (χ1n) is 3.80. The molecule has 5 heteroatoms. The molecule has 0 aromatic carbocycles.